The molecule has 4 heterocycles. The number of hydrogen-bond acceptors (Lipinski definition) is 11. The summed E-state index contributed by atoms with van der Waals surface area (Å²) in [5.74, 6) is -3.15. The molecule has 2 saturated heterocycles. The van der Waals surface area contributed by atoms with Crippen LogP contribution in [0.5, 0.6) is 0 Å². The molecule has 11 heteroatoms. The minimum atomic E-state index is -1.63. The second-order valence-electron chi connectivity index (χ2n) is 16.0. The molecule has 1 aromatic carbocycles. The van der Waals surface area contributed by atoms with Crippen LogP contribution in [0.3, 0.4) is 0 Å². The first-order valence-electron chi connectivity index (χ1n) is 19.0. The van der Waals surface area contributed by atoms with E-state index in [0.717, 1.165) is 5.56 Å². The lowest BCUT2D eigenvalue weighted by Crippen LogP contribution is -2.60. The molecule has 0 aromatic heterocycles. The summed E-state index contributed by atoms with van der Waals surface area (Å²) in [5, 5.41) is 23.8. The first-order valence-corrected chi connectivity index (χ1v) is 19.0. The number of hydrogen-bond donors (Lipinski definition) is 2. The van der Waals surface area contributed by atoms with E-state index in [4.69, 9.17) is 23.7 Å². The number of rotatable bonds is 7. The third kappa shape index (κ3) is 9.91. The summed E-state index contributed by atoms with van der Waals surface area (Å²) in [6, 6.07) is 9.50. The highest BCUT2D eigenvalue weighted by Gasteiger charge is 2.51. The van der Waals surface area contributed by atoms with Crippen LogP contribution in [-0.4, -0.2) is 126 Å². The minimum absolute atomic E-state index is 0.00645. The van der Waals surface area contributed by atoms with Crippen LogP contribution in [0.1, 0.15) is 80.2 Å². The van der Waals surface area contributed by atoms with Crippen molar-refractivity contribution in [1.29, 1.82) is 0 Å². The van der Waals surface area contributed by atoms with Gasteiger partial charge in [0.25, 0.3) is 0 Å². The second kappa shape index (κ2) is 18.1. The maximum atomic E-state index is 14.3. The van der Waals surface area contributed by atoms with Crippen molar-refractivity contribution in [2.24, 2.45) is 17.8 Å². The van der Waals surface area contributed by atoms with Crippen LogP contribution >= 0.6 is 0 Å². The smallest absolute Gasteiger partial charge is 0.316 e. The van der Waals surface area contributed by atoms with Gasteiger partial charge in [0.15, 0.2) is 12.1 Å². The second-order valence-corrected chi connectivity index (χ2v) is 16.0. The summed E-state index contributed by atoms with van der Waals surface area (Å²) in [5.41, 5.74) is -1.64. The Morgan fingerprint density at radius 3 is 2.42 bits per heavy atom. The van der Waals surface area contributed by atoms with Gasteiger partial charge in [0.1, 0.15) is 29.8 Å². The fourth-order valence-corrected chi connectivity index (χ4v) is 8.35. The third-order valence-corrected chi connectivity index (χ3v) is 11.3. The van der Waals surface area contributed by atoms with E-state index in [1.54, 1.807) is 19.9 Å². The number of esters is 1. The molecule has 292 valence electrons. The lowest BCUT2D eigenvalue weighted by Gasteiger charge is -2.47. The summed E-state index contributed by atoms with van der Waals surface area (Å²) in [6.45, 7) is 16.1. The van der Waals surface area contributed by atoms with E-state index in [1.165, 1.54) is 13.2 Å². The molecule has 11 nitrogen and oxygen atoms in total. The van der Waals surface area contributed by atoms with E-state index in [-0.39, 0.29) is 36.5 Å². The summed E-state index contributed by atoms with van der Waals surface area (Å²) in [7, 11) is 3.82. The summed E-state index contributed by atoms with van der Waals surface area (Å²) in [6.07, 6.45) is 3.89. The van der Waals surface area contributed by atoms with Crippen LogP contribution in [0, 0.1) is 17.8 Å². The molecule has 0 aliphatic carbocycles. The van der Waals surface area contributed by atoms with E-state index in [0.29, 0.717) is 32.4 Å². The average Bonchev–Trinajstić information content (AvgIpc) is 3.09. The first kappa shape index (κ1) is 42.1. The Bertz CT molecular complexity index is 1370. The molecule has 52 heavy (non-hydrogen) atoms. The average molecular weight is 729 g/mol. The maximum Gasteiger partial charge on any atom is 0.316 e. The molecule has 0 saturated carbocycles. The van der Waals surface area contributed by atoms with Crippen LogP contribution < -0.4 is 0 Å². The largest absolute Gasteiger partial charge is 0.493 e. The summed E-state index contributed by atoms with van der Waals surface area (Å²) in [4.78, 5) is 32.3. The van der Waals surface area contributed by atoms with E-state index in [1.807, 2.05) is 77.0 Å². The molecular formula is C41H64N2O9. The van der Waals surface area contributed by atoms with Gasteiger partial charge in [0.05, 0.1) is 30.7 Å². The van der Waals surface area contributed by atoms with E-state index in [2.05, 4.69) is 24.0 Å². The molecule has 0 amide bonds. The summed E-state index contributed by atoms with van der Waals surface area (Å²) < 4.78 is 32.1. The van der Waals surface area contributed by atoms with Crippen molar-refractivity contribution in [2.45, 2.75) is 135 Å². The first-order chi connectivity index (χ1) is 24.5. The van der Waals surface area contributed by atoms with Crippen LogP contribution in [0.2, 0.25) is 0 Å². The Morgan fingerprint density at radius 2 is 1.77 bits per heavy atom. The zero-order valence-electron chi connectivity index (χ0n) is 32.9. The van der Waals surface area contributed by atoms with Gasteiger partial charge in [0, 0.05) is 31.1 Å². The van der Waals surface area contributed by atoms with Crippen molar-refractivity contribution in [2.75, 3.05) is 33.8 Å². The van der Waals surface area contributed by atoms with Gasteiger partial charge in [-0.05, 0) is 85.5 Å². The highest BCUT2D eigenvalue weighted by Crippen LogP contribution is 2.38. The lowest BCUT2D eigenvalue weighted by atomic mass is 9.78. The molecule has 4 aliphatic heterocycles. The molecule has 13 atom stereocenters. The monoisotopic (exact) mass is 728 g/mol. The van der Waals surface area contributed by atoms with Crippen molar-refractivity contribution in [3.63, 3.8) is 0 Å². The number of ether oxygens (including phenoxy) is 5. The molecule has 4 aliphatic rings. The third-order valence-electron chi connectivity index (χ3n) is 11.3. The highest BCUT2D eigenvalue weighted by molar-refractivity contribution is 6.00. The van der Waals surface area contributed by atoms with Gasteiger partial charge in [-0.3, -0.25) is 14.5 Å². The zero-order chi connectivity index (χ0) is 38.4. The number of nitrogens with zero attached hydrogens (tertiary/aromatic N) is 2. The zero-order valence-corrected chi connectivity index (χ0v) is 32.9. The number of aliphatic hydroxyl groups excluding tert-OH is 1. The van der Waals surface area contributed by atoms with Gasteiger partial charge >= 0.3 is 5.97 Å². The molecule has 0 spiro atoms. The Kier molecular flexibility index (Phi) is 14.7. The van der Waals surface area contributed by atoms with Crippen molar-refractivity contribution in [1.82, 2.24) is 9.80 Å². The van der Waals surface area contributed by atoms with E-state index < -0.39 is 59.7 Å². The Labute approximate surface area is 311 Å². The van der Waals surface area contributed by atoms with Gasteiger partial charge in [-0.1, -0.05) is 63.3 Å². The fraction of sp³-hybridized carbons (Fsp3) is 0.707. The molecule has 5 rings (SSSR count). The highest BCUT2D eigenvalue weighted by atomic mass is 16.7. The van der Waals surface area contributed by atoms with Gasteiger partial charge in [-0.25, -0.2) is 0 Å². The van der Waals surface area contributed by atoms with Crippen LogP contribution in [0.25, 0.3) is 6.08 Å². The predicted octanol–water partition coefficient (Wildman–Crippen LogP) is 4.84. The Hall–Kier alpha value is -2.64. The van der Waals surface area contributed by atoms with Gasteiger partial charge < -0.3 is 38.8 Å². The number of carbonyl (C=O) groups excluding carboxylic acids is 2. The standard InChI is InChI=1S/C41H64N2O9/c1-11-33-41(8,47)37-30(6)43(20-15-19-31-17-13-12-14-18-31)25-26(2)24-40(7,49-22-16-21-48-37)36(28(4)34(44)29(5)38(46)51-33)52-39-35(45)32(42(9)10)23-27(3)50-39/h12-19,21,26-30,32-33,35-37,39,45,47H,11,20,22-25H2,1-10H3/b19-15+,21-16+/t26-,27-,28+,29?,30-,32+,33-,35-,36-,37-,39+,40-,41-/m1/s1. The van der Waals surface area contributed by atoms with Crippen molar-refractivity contribution < 1.29 is 43.5 Å². The van der Waals surface area contributed by atoms with Crippen LogP contribution in [0.15, 0.2) is 48.7 Å². The molecular weight excluding hydrogens is 664 g/mol. The number of ketones is 1. The lowest BCUT2D eigenvalue weighted by molar-refractivity contribution is -0.297. The maximum absolute atomic E-state index is 14.3. The van der Waals surface area contributed by atoms with Gasteiger partial charge in [-0.15, -0.1) is 0 Å². The van der Waals surface area contributed by atoms with E-state index in [9.17, 15) is 19.8 Å². The van der Waals surface area contributed by atoms with Crippen molar-refractivity contribution in [3.05, 3.63) is 54.3 Å². The molecule has 2 fully saturated rings. The molecule has 2 bridgehead atoms. The minimum Gasteiger partial charge on any atom is -0.493 e. The predicted molar refractivity (Wildman–Crippen MR) is 200 cm³/mol. The van der Waals surface area contributed by atoms with Gasteiger partial charge in [0.2, 0.25) is 0 Å². The molecule has 1 unspecified atom stereocenters. The van der Waals surface area contributed by atoms with Crippen LogP contribution in [0.4, 0.5) is 0 Å². The van der Waals surface area contributed by atoms with Crippen LogP contribution in [-0.2, 0) is 33.3 Å². The number of fused-ring (bicyclic) bond motifs is 14. The number of likely N-dealkylation sites (N-methyl/N-ethyl adjacent to an activating group) is 1. The molecule has 1 aromatic rings. The van der Waals surface area contributed by atoms with Crippen molar-refractivity contribution >= 4 is 17.8 Å². The van der Waals surface area contributed by atoms with Crippen molar-refractivity contribution in [3.8, 4) is 0 Å². The Morgan fingerprint density at radius 1 is 1.08 bits per heavy atom. The Balaban J connectivity index is 1.84. The summed E-state index contributed by atoms with van der Waals surface area (Å²) >= 11 is 0. The topological polar surface area (TPSA) is 127 Å². The molecule has 2 N–H and O–H groups in total. The fourth-order valence-electron chi connectivity index (χ4n) is 8.35. The van der Waals surface area contributed by atoms with Gasteiger partial charge in [-0.2, -0.15) is 0 Å². The number of benzene rings is 1. The SMILES string of the molecule is CC[C@H]1OC(=O)C(C)C(=O)[C@H](C)[C@@H](O[C@@H]2O[C@H](C)C[C@H](N(C)C)[C@H]2O)[C@@]2(C)C[C@@H](C)CN(C/C=C/c3ccccc3)[C@H](C)[C@@H](O/C=C/CO2)[C@]1(C)O. The number of carbonyl (C=O) groups is 2. The number of aliphatic hydroxyl groups is 2. The number of Topliss-reactive ketones (excluding diaryl/α,β-unsaturated/α-hetero) is 1. The van der Waals surface area contributed by atoms with E-state index >= 15 is 0 Å². The normalized spacial score (nSPS) is 41.0. The quantitative estimate of drug-likeness (QED) is 0.296. The molecule has 0 radical (unpaired) electrons.